The lowest BCUT2D eigenvalue weighted by molar-refractivity contribution is 0.203. The maximum atomic E-state index is 10.6. The van der Waals surface area contributed by atoms with E-state index >= 15 is 0 Å². The van der Waals surface area contributed by atoms with Gasteiger partial charge in [0.1, 0.15) is 0 Å². The molecule has 0 unspecified atom stereocenters. The Morgan fingerprint density at radius 3 is 3.09 bits per heavy atom. The van der Waals surface area contributed by atoms with Crippen molar-refractivity contribution >= 4 is 6.09 Å². The molecule has 0 aliphatic carbocycles. The summed E-state index contributed by atoms with van der Waals surface area (Å²) in [7, 11) is 1.50. The number of carbonyl (C=O) groups is 1. The lowest BCUT2D eigenvalue weighted by Gasteiger charge is -2.00. The molecule has 0 radical (unpaired) electrons. The number of amides is 1. The van der Waals surface area contributed by atoms with Gasteiger partial charge >= 0.3 is 6.09 Å². The van der Waals surface area contributed by atoms with E-state index in [0.717, 1.165) is 0 Å². The molecule has 0 spiro atoms. The first-order chi connectivity index (χ1) is 5.33. The molecule has 0 aliphatic rings. The number of pyridine rings is 1. The number of aromatic nitrogens is 1. The highest BCUT2D eigenvalue weighted by Crippen LogP contribution is 2.05. The van der Waals surface area contributed by atoms with Crippen molar-refractivity contribution in [3.05, 3.63) is 24.5 Å². The SMILES string of the molecule is CNC(=O)Oc1cccnc1. The zero-order valence-electron chi connectivity index (χ0n) is 6.07. The largest absolute Gasteiger partial charge is 0.412 e. The minimum absolute atomic E-state index is 0.437. The van der Waals surface area contributed by atoms with Gasteiger partial charge in [-0.3, -0.25) is 4.98 Å². The zero-order chi connectivity index (χ0) is 8.10. The molecule has 4 nitrogen and oxygen atoms in total. The van der Waals surface area contributed by atoms with Crippen molar-refractivity contribution in [2.24, 2.45) is 0 Å². The molecule has 1 aromatic heterocycles. The number of carbonyl (C=O) groups excluding carboxylic acids is 1. The molecule has 1 amide bonds. The summed E-state index contributed by atoms with van der Waals surface area (Å²) in [6.45, 7) is 0. The van der Waals surface area contributed by atoms with Crippen molar-refractivity contribution in [2.75, 3.05) is 7.05 Å². The van der Waals surface area contributed by atoms with Crippen LogP contribution in [0.25, 0.3) is 0 Å². The molecule has 4 heteroatoms. The van der Waals surface area contributed by atoms with Crippen LogP contribution in [0, 0.1) is 0 Å². The highest BCUT2D eigenvalue weighted by Gasteiger charge is 1.98. The Labute approximate surface area is 64.2 Å². The fourth-order valence-electron chi connectivity index (χ4n) is 0.566. The van der Waals surface area contributed by atoms with E-state index in [9.17, 15) is 4.79 Å². The van der Waals surface area contributed by atoms with E-state index in [4.69, 9.17) is 4.74 Å². The topological polar surface area (TPSA) is 51.2 Å². The summed E-state index contributed by atoms with van der Waals surface area (Å²) in [6.07, 6.45) is 2.59. The van der Waals surface area contributed by atoms with Crippen molar-refractivity contribution in [1.29, 1.82) is 0 Å². The highest BCUT2D eigenvalue weighted by molar-refractivity contribution is 5.69. The summed E-state index contributed by atoms with van der Waals surface area (Å²) in [5.74, 6) is 0.437. The Kier molecular flexibility index (Phi) is 2.43. The summed E-state index contributed by atoms with van der Waals surface area (Å²) >= 11 is 0. The molecule has 0 atom stereocenters. The van der Waals surface area contributed by atoms with Crippen molar-refractivity contribution < 1.29 is 9.53 Å². The Morgan fingerprint density at radius 2 is 2.55 bits per heavy atom. The third-order valence-corrected chi connectivity index (χ3v) is 1.05. The number of nitrogens with one attached hydrogen (secondary N) is 1. The van der Waals surface area contributed by atoms with Crippen LogP contribution in [-0.4, -0.2) is 18.1 Å². The average Bonchev–Trinajstić information content (AvgIpc) is 2.06. The van der Waals surface area contributed by atoms with E-state index in [-0.39, 0.29) is 0 Å². The van der Waals surface area contributed by atoms with Crippen LogP contribution in [0.4, 0.5) is 4.79 Å². The van der Waals surface area contributed by atoms with Crippen molar-refractivity contribution in [3.8, 4) is 5.75 Å². The van der Waals surface area contributed by atoms with Gasteiger partial charge in [-0.15, -0.1) is 0 Å². The molecule has 1 aromatic rings. The Hall–Kier alpha value is -1.58. The van der Waals surface area contributed by atoms with Crippen LogP contribution >= 0.6 is 0 Å². The quantitative estimate of drug-likeness (QED) is 0.647. The molecule has 0 aromatic carbocycles. The van der Waals surface area contributed by atoms with E-state index in [1.54, 1.807) is 18.3 Å². The fourth-order valence-corrected chi connectivity index (χ4v) is 0.566. The molecule has 1 N–H and O–H groups in total. The van der Waals surface area contributed by atoms with Crippen LogP contribution in [0.5, 0.6) is 5.75 Å². The van der Waals surface area contributed by atoms with Crippen molar-refractivity contribution in [2.45, 2.75) is 0 Å². The second-order valence-electron chi connectivity index (χ2n) is 1.83. The summed E-state index contributed by atoms with van der Waals surface area (Å²) in [5.41, 5.74) is 0. The molecule has 1 heterocycles. The van der Waals surface area contributed by atoms with Gasteiger partial charge in [-0.05, 0) is 12.1 Å². The second-order valence-corrected chi connectivity index (χ2v) is 1.83. The molecule has 0 fully saturated rings. The third kappa shape index (κ3) is 2.25. The van der Waals surface area contributed by atoms with Crippen molar-refractivity contribution in [1.82, 2.24) is 10.3 Å². The first-order valence-electron chi connectivity index (χ1n) is 3.12. The number of rotatable bonds is 1. The first kappa shape index (κ1) is 7.53. The van der Waals surface area contributed by atoms with Crippen LogP contribution < -0.4 is 10.1 Å². The zero-order valence-corrected chi connectivity index (χ0v) is 6.07. The van der Waals surface area contributed by atoms with Gasteiger partial charge in [0.2, 0.25) is 0 Å². The van der Waals surface area contributed by atoms with Crippen LogP contribution in [-0.2, 0) is 0 Å². The predicted molar refractivity (Wildman–Crippen MR) is 39.3 cm³/mol. The molecule has 0 saturated heterocycles. The number of ether oxygens (including phenoxy) is 1. The third-order valence-electron chi connectivity index (χ3n) is 1.05. The summed E-state index contributed by atoms with van der Waals surface area (Å²) in [6, 6.07) is 3.35. The molecule has 58 valence electrons. The molecule has 0 bridgehead atoms. The van der Waals surface area contributed by atoms with Gasteiger partial charge in [-0.25, -0.2) is 4.79 Å². The fraction of sp³-hybridized carbons (Fsp3) is 0.143. The van der Waals surface area contributed by atoms with Gasteiger partial charge < -0.3 is 10.1 Å². The first-order valence-corrected chi connectivity index (χ1v) is 3.12. The Balaban J connectivity index is 2.58. The standard InChI is InChI=1S/C7H8N2O2/c1-8-7(10)11-6-3-2-4-9-5-6/h2-5H,1H3,(H,8,10). The van der Waals surface area contributed by atoms with Crippen LogP contribution in [0.2, 0.25) is 0 Å². The maximum absolute atomic E-state index is 10.6. The van der Waals surface area contributed by atoms with E-state index in [1.807, 2.05) is 0 Å². The minimum Gasteiger partial charge on any atom is -0.409 e. The van der Waals surface area contributed by atoms with E-state index < -0.39 is 6.09 Å². The molecule has 1 rings (SSSR count). The van der Waals surface area contributed by atoms with Gasteiger partial charge in [0.15, 0.2) is 5.75 Å². The normalized spacial score (nSPS) is 8.82. The lowest BCUT2D eigenvalue weighted by atomic mass is 10.5. The highest BCUT2D eigenvalue weighted by atomic mass is 16.5. The van der Waals surface area contributed by atoms with E-state index in [0.29, 0.717) is 5.75 Å². The smallest absolute Gasteiger partial charge is 0.409 e. The number of hydrogen-bond acceptors (Lipinski definition) is 3. The van der Waals surface area contributed by atoms with Crippen LogP contribution in [0.1, 0.15) is 0 Å². The molecule has 11 heavy (non-hydrogen) atoms. The van der Waals surface area contributed by atoms with E-state index in [1.165, 1.54) is 13.2 Å². The molecule has 0 aliphatic heterocycles. The molecular weight excluding hydrogens is 144 g/mol. The van der Waals surface area contributed by atoms with Gasteiger partial charge in [0.25, 0.3) is 0 Å². The maximum Gasteiger partial charge on any atom is 0.412 e. The summed E-state index contributed by atoms with van der Waals surface area (Å²) in [4.78, 5) is 14.4. The van der Waals surface area contributed by atoms with Crippen molar-refractivity contribution in [3.63, 3.8) is 0 Å². The average molecular weight is 152 g/mol. The van der Waals surface area contributed by atoms with Crippen LogP contribution in [0.3, 0.4) is 0 Å². The Morgan fingerprint density at radius 1 is 1.73 bits per heavy atom. The van der Waals surface area contributed by atoms with Gasteiger partial charge in [-0.1, -0.05) is 0 Å². The number of hydrogen-bond donors (Lipinski definition) is 1. The monoisotopic (exact) mass is 152 g/mol. The molecular formula is C7H8N2O2. The Bertz CT molecular complexity index is 235. The van der Waals surface area contributed by atoms with Gasteiger partial charge in [0.05, 0.1) is 6.20 Å². The predicted octanol–water partition coefficient (Wildman–Crippen LogP) is 0.800. The van der Waals surface area contributed by atoms with Gasteiger partial charge in [-0.2, -0.15) is 0 Å². The second kappa shape index (κ2) is 3.55. The van der Waals surface area contributed by atoms with E-state index in [2.05, 4.69) is 10.3 Å². The van der Waals surface area contributed by atoms with Gasteiger partial charge in [0, 0.05) is 13.2 Å². The molecule has 0 saturated carbocycles. The lowest BCUT2D eigenvalue weighted by Crippen LogP contribution is -2.21. The summed E-state index contributed by atoms with van der Waals surface area (Å²) < 4.78 is 4.75. The summed E-state index contributed by atoms with van der Waals surface area (Å²) in [5, 5.41) is 2.32. The minimum atomic E-state index is -0.488. The van der Waals surface area contributed by atoms with Crippen LogP contribution in [0.15, 0.2) is 24.5 Å². The number of nitrogens with zero attached hydrogens (tertiary/aromatic N) is 1.